The second-order valence-corrected chi connectivity index (χ2v) is 13.0. The van der Waals surface area contributed by atoms with E-state index in [0.717, 1.165) is 57.8 Å². The molecule has 3 saturated heterocycles. The van der Waals surface area contributed by atoms with Gasteiger partial charge in [-0.25, -0.2) is 0 Å². The number of rotatable bonds is 7. The molecule has 10 heteroatoms. The van der Waals surface area contributed by atoms with Crippen LogP contribution in [-0.2, 0) is 9.53 Å². The first-order valence-corrected chi connectivity index (χ1v) is 16.0. The van der Waals surface area contributed by atoms with E-state index in [1.807, 2.05) is 0 Å². The van der Waals surface area contributed by atoms with Crippen LogP contribution in [0.4, 0.5) is 5.69 Å². The molecule has 0 spiro atoms. The number of piperidine rings is 2. The fourth-order valence-corrected chi connectivity index (χ4v) is 7.26. The number of amides is 1. The molecule has 3 aromatic rings. The third kappa shape index (κ3) is 7.06. The molecule has 43 heavy (non-hydrogen) atoms. The van der Waals surface area contributed by atoms with E-state index in [2.05, 4.69) is 39.2 Å². The van der Waals surface area contributed by atoms with E-state index in [0.29, 0.717) is 48.4 Å². The molecule has 3 aliphatic heterocycles. The monoisotopic (exact) mass is 626 g/mol. The lowest BCUT2D eigenvalue weighted by atomic mass is 9.84. The first-order valence-electron chi connectivity index (χ1n) is 15.3. The maximum atomic E-state index is 12.8. The highest BCUT2D eigenvalue weighted by molar-refractivity contribution is 6.34. The fourth-order valence-electron chi connectivity index (χ4n) is 6.72. The first kappa shape index (κ1) is 30.4. The van der Waals surface area contributed by atoms with Gasteiger partial charge in [0.15, 0.2) is 0 Å². The summed E-state index contributed by atoms with van der Waals surface area (Å²) in [6, 6.07) is 11.8. The number of nitrogens with one attached hydrogen (secondary N) is 1. The number of anilines is 1. The molecule has 4 heterocycles. The lowest BCUT2D eigenvalue weighted by Gasteiger charge is -2.43. The van der Waals surface area contributed by atoms with Gasteiger partial charge in [0, 0.05) is 71.6 Å². The summed E-state index contributed by atoms with van der Waals surface area (Å²) >= 11 is 12.1. The van der Waals surface area contributed by atoms with Crippen molar-refractivity contribution in [2.75, 3.05) is 63.9 Å². The van der Waals surface area contributed by atoms with Crippen molar-refractivity contribution in [3.05, 3.63) is 69.8 Å². The zero-order valence-corrected chi connectivity index (χ0v) is 25.9. The molecule has 230 valence electrons. The number of aliphatic hydroxyl groups excluding tert-OH is 1. The van der Waals surface area contributed by atoms with Crippen molar-refractivity contribution in [3.8, 4) is 0 Å². The Labute approximate surface area is 262 Å². The quantitative estimate of drug-likeness (QED) is 0.323. The molecule has 3 fully saturated rings. The van der Waals surface area contributed by atoms with Crippen LogP contribution in [0, 0.1) is 0 Å². The van der Waals surface area contributed by atoms with E-state index in [1.54, 1.807) is 29.2 Å². The summed E-state index contributed by atoms with van der Waals surface area (Å²) in [7, 11) is 0. The molecular weight excluding hydrogens is 587 g/mol. The van der Waals surface area contributed by atoms with E-state index in [-0.39, 0.29) is 5.91 Å². The molecule has 1 atom stereocenters. The van der Waals surface area contributed by atoms with E-state index < -0.39 is 11.7 Å². The summed E-state index contributed by atoms with van der Waals surface area (Å²) in [6.07, 6.45) is 7.19. The van der Waals surface area contributed by atoms with Crippen molar-refractivity contribution in [1.29, 1.82) is 0 Å². The predicted molar refractivity (Wildman–Crippen MR) is 172 cm³/mol. The lowest BCUT2D eigenvalue weighted by molar-refractivity contribution is -0.140. The Morgan fingerprint density at radius 3 is 2.42 bits per heavy atom. The fraction of sp³-hybridized carbons (Fsp3) is 0.485. The van der Waals surface area contributed by atoms with Gasteiger partial charge in [-0.3, -0.25) is 4.79 Å². The molecule has 0 bridgehead atoms. The van der Waals surface area contributed by atoms with Crippen molar-refractivity contribution in [3.63, 3.8) is 0 Å². The summed E-state index contributed by atoms with van der Waals surface area (Å²) in [5, 5.41) is 24.7. The summed E-state index contributed by atoms with van der Waals surface area (Å²) in [4.78, 5) is 22.6. The van der Waals surface area contributed by atoms with E-state index in [1.165, 1.54) is 28.2 Å². The van der Waals surface area contributed by atoms with Crippen LogP contribution in [0.2, 0.25) is 10.0 Å². The van der Waals surface area contributed by atoms with Crippen molar-refractivity contribution in [2.45, 2.75) is 43.3 Å². The van der Waals surface area contributed by atoms with Gasteiger partial charge in [0.25, 0.3) is 0 Å². The Morgan fingerprint density at radius 1 is 1.02 bits per heavy atom. The maximum absolute atomic E-state index is 12.8. The number of H-pyrrole nitrogens is 1. The molecule has 6 rings (SSSR count). The predicted octanol–water partition coefficient (Wildman–Crippen LogP) is 4.92. The van der Waals surface area contributed by atoms with Crippen LogP contribution in [0.1, 0.15) is 42.7 Å². The number of aromatic nitrogens is 1. The SMILES string of the molecule is O=C(C=Cc1cc(Cl)cc(Cl)c1)N1CCC(O)(C(O)CN2CCC(c3c[nH]c4ccc(N5CCOCC5)cc34)CC2)CC1. The van der Waals surface area contributed by atoms with E-state index in [4.69, 9.17) is 27.9 Å². The number of nitrogens with zero attached hydrogens (tertiary/aromatic N) is 3. The van der Waals surface area contributed by atoms with Crippen LogP contribution in [0.15, 0.2) is 48.7 Å². The van der Waals surface area contributed by atoms with E-state index in [9.17, 15) is 15.0 Å². The summed E-state index contributed by atoms with van der Waals surface area (Å²) in [5.41, 5.74) is 3.33. The van der Waals surface area contributed by atoms with Crippen molar-refractivity contribution >= 4 is 51.8 Å². The number of benzene rings is 2. The van der Waals surface area contributed by atoms with Gasteiger partial charge in [0.05, 0.1) is 24.9 Å². The van der Waals surface area contributed by atoms with Gasteiger partial charge in [-0.05, 0) is 98.3 Å². The van der Waals surface area contributed by atoms with Crippen LogP contribution >= 0.6 is 23.2 Å². The maximum Gasteiger partial charge on any atom is 0.246 e. The van der Waals surface area contributed by atoms with Gasteiger partial charge in [-0.1, -0.05) is 23.2 Å². The molecule has 1 aromatic heterocycles. The van der Waals surface area contributed by atoms with Crippen LogP contribution < -0.4 is 4.90 Å². The topological polar surface area (TPSA) is 92.3 Å². The number of β-amino-alcohol motifs (C(OH)–C–C–N with tert-alkyl or cyclic N) is 1. The number of aromatic amines is 1. The van der Waals surface area contributed by atoms with Crippen LogP contribution in [0.25, 0.3) is 17.0 Å². The second kappa shape index (κ2) is 13.2. The van der Waals surface area contributed by atoms with Gasteiger partial charge in [0.1, 0.15) is 0 Å². The molecule has 0 aliphatic carbocycles. The van der Waals surface area contributed by atoms with Gasteiger partial charge < -0.3 is 34.6 Å². The Morgan fingerprint density at radius 2 is 1.72 bits per heavy atom. The van der Waals surface area contributed by atoms with Crippen LogP contribution in [-0.4, -0.2) is 102 Å². The summed E-state index contributed by atoms with van der Waals surface area (Å²) < 4.78 is 5.53. The molecule has 0 radical (unpaired) electrons. The molecule has 2 aromatic carbocycles. The van der Waals surface area contributed by atoms with Crippen molar-refractivity contribution < 1.29 is 19.7 Å². The molecule has 3 N–H and O–H groups in total. The molecule has 1 unspecified atom stereocenters. The number of morpholine rings is 1. The highest BCUT2D eigenvalue weighted by Gasteiger charge is 2.40. The number of carbonyl (C=O) groups is 1. The number of likely N-dealkylation sites (tertiary alicyclic amines) is 2. The van der Waals surface area contributed by atoms with Crippen molar-refractivity contribution in [2.24, 2.45) is 0 Å². The number of carbonyl (C=O) groups excluding carboxylic acids is 1. The molecule has 0 saturated carbocycles. The number of hydrogen-bond acceptors (Lipinski definition) is 6. The Bertz CT molecular complexity index is 1430. The minimum atomic E-state index is -1.20. The highest BCUT2D eigenvalue weighted by atomic mass is 35.5. The zero-order chi connectivity index (χ0) is 30.0. The van der Waals surface area contributed by atoms with Gasteiger partial charge in [-0.2, -0.15) is 0 Å². The Hall–Kier alpha value is -2.59. The first-order chi connectivity index (χ1) is 20.8. The average Bonchev–Trinajstić information content (AvgIpc) is 3.44. The molecule has 3 aliphatic rings. The largest absolute Gasteiger partial charge is 0.389 e. The standard InChI is InChI=1S/C33H40Cl2N4O4/c34-25-17-23(18-26(35)19-25)1-4-32(41)39-11-7-33(42,8-12-39)31(40)22-37-9-5-24(6-10-37)29-21-36-30-3-2-27(20-28(29)30)38-13-15-43-16-14-38/h1-4,17-21,24,31,36,40,42H,5-16,22H2. The van der Waals surface area contributed by atoms with Gasteiger partial charge in [0.2, 0.25) is 5.91 Å². The van der Waals surface area contributed by atoms with Crippen LogP contribution in [0.5, 0.6) is 0 Å². The number of fused-ring (bicyclic) bond motifs is 1. The number of aliphatic hydroxyl groups is 2. The van der Waals surface area contributed by atoms with E-state index >= 15 is 0 Å². The lowest BCUT2D eigenvalue weighted by Crippen LogP contribution is -2.56. The molecule has 1 amide bonds. The number of halogens is 2. The number of ether oxygens (including phenoxy) is 1. The normalized spacial score (nSPS) is 21.1. The van der Waals surface area contributed by atoms with Crippen LogP contribution in [0.3, 0.4) is 0 Å². The number of hydrogen-bond donors (Lipinski definition) is 3. The average molecular weight is 628 g/mol. The molecular formula is C33H40Cl2N4O4. The highest BCUT2D eigenvalue weighted by Crippen LogP contribution is 2.36. The van der Waals surface area contributed by atoms with Gasteiger partial charge >= 0.3 is 0 Å². The Balaban J connectivity index is 0.997. The zero-order valence-electron chi connectivity index (χ0n) is 24.4. The van der Waals surface area contributed by atoms with Crippen molar-refractivity contribution in [1.82, 2.24) is 14.8 Å². The molecule has 8 nitrogen and oxygen atoms in total. The third-order valence-corrected chi connectivity index (χ3v) is 9.83. The minimum absolute atomic E-state index is 0.135. The summed E-state index contributed by atoms with van der Waals surface area (Å²) in [5.74, 6) is 0.319. The Kier molecular flexibility index (Phi) is 9.33. The minimum Gasteiger partial charge on any atom is -0.389 e. The second-order valence-electron chi connectivity index (χ2n) is 12.1. The smallest absolute Gasteiger partial charge is 0.246 e. The third-order valence-electron chi connectivity index (χ3n) is 9.40. The summed E-state index contributed by atoms with van der Waals surface area (Å²) in [6.45, 7) is 6.34. The van der Waals surface area contributed by atoms with Gasteiger partial charge in [-0.15, -0.1) is 0 Å².